The molecule has 1 amide bonds. The number of amides is 1. The number of piperidine rings is 1. The second kappa shape index (κ2) is 7.76. The van der Waals surface area contributed by atoms with Crippen molar-refractivity contribution in [3.63, 3.8) is 0 Å². The predicted molar refractivity (Wildman–Crippen MR) is 102 cm³/mol. The third-order valence-corrected chi connectivity index (χ3v) is 5.54. The Labute approximate surface area is 160 Å². The number of nitrogens with one attached hydrogen (secondary N) is 1. The highest BCUT2D eigenvalue weighted by Gasteiger charge is 2.27. The Morgan fingerprint density at radius 1 is 1.41 bits per heavy atom. The van der Waals surface area contributed by atoms with E-state index in [0.29, 0.717) is 13.1 Å². The summed E-state index contributed by atoms with van der Waals surface area (Å²) in [5.41, 5.74) is 3.16. The van der Waals surface area contributed by atoms with Crippen LogP contribution in [-0.2, 0) is 24.3 Å². The van der Waals surface area contributed by atoms with E-state index in [2.05, 4.69) is 15.4 Å². The molecule has 4 heterocycles. The average molecular weight is 368 g/mol. The van der Waals surface area contributed by atoms with Crippen LogP contribution in [0.3, 0.4) is 0 Å². The highest BCUT2D eigenvalue weighted by Crippen LogP contribution is 2.24. The molecule has 2 unspecified atom stereocenters. The van der Waals surface area contributed by atoms with Gasteiger partial charge in [0.2, 0.25) is 5.91 Å². The molecule has 0 aliphatic carbocycles. The first-order valence-corrected chi connectivity index (χ1v) is 9.97. The lowest BCUT2D eigenvalue weighted by Crippen LogP contribution is -2.40. The zero-order valence-electron chi connectivity index (χ0n) is 16.2. The highest BCUT2D eigenvalue weighted by atomic mass is 16.2. The van der Waals surface area contributed by atoms with Gasteiger partial charge in [-0.2, -0.15) is 5.10 Å². The van der Waals surface area contributed by atoms with Crippen molar-refractivity contribution in [3.05, 3.63) is 41.2 Å². The molecule has 1 saturated heterocycles. The van der Waals surface area contributed by atoms with Crippen molar-refractivity contribution in [3.8, 4) is 0 Å². The van der Waals surface area contributed by atoms with Gasteiger partial charge in [-0.15, -0.1) is 0 Å². The molecule has 2 aromatic heterocycles. The standard InChI is InChI=1S/C20H28N6O/c1-14(12-26-10-6-15(2)24-26)20(27)25-9-7-17-16(13-25)11-22-19(23-17)18-5-3-4-8-21-18/h6,10-11,14,18,21H,3-5,7-9,12-13H2,1-2H3. The van der Waals surface area contributed by atoms with Crippen molar-refractivity contribution < 1.29 is 4.79 Å². The molecule has 0 saturated carbocycles. The molecule has 144 valence electrons. The van der Waals surface area contributed by atoms with Crippen molar-refractivity contribution in [1.82, 2.24) is 30.0 Å². The average Bonchev–Trinajstić information content (AvgIpc) is 3.11. The van der Waals surface area contributed by atoms with E-state index in [1.54, 1.807) is 0 Å². The largest absolute Gasteiger partial charge is 0.338 e. The second-order valence-corrected chi connectivity index (χ2v) is 7.79. The van der Waals surface area contributed by atoms with Gasteiger partial charge in [0.05, 0.1) is 29.9 Å². The Kier molecular flexibility index (Phi) is 5.20. The molecule has 27 heavy (non-hydrogen) atoms. The van der Waals surface area contributed by atoms with Gasteiger partial charge in [0.25, 0.3) is 0 Å². The van der Waals surface area contributed by atoms with Crippen LogP contribution in [0.2, 0.25) is 0 Å². The minimum Gasteiger partial charge on any atom is -0.338 e. The lowest BCUT2D eigenvalue weighted by Gasteiger charge is -2.31. The Morgan fingerprint density at radius 3 is 3.04 bits per heavy atom. The van der Waals surface area contributed by atoms with Crippen LogP contribution in [0.1, 0.15) is 55.0 Å². The van der Waals surface area contributed by atoms with Crippen LogP contribution in [0.25, 0.3) is 0 Å². The van der Waals surface area contributed by atoms with Crippen molar-refractivity contribution in [2.75, 3.05) is 13.1 Å². The number of aromatic nitrogens is 4. The summed E-state index contributed by atoms with van der Waals surface area (Å²) in [6.07, 6.45) is 8.22. The summed E-state index contributed by atoms with van der Waals surface area (Å²) in [6, 6.07) is 2.24. The van der Waals surface area contributed by atoms with Crippen LogP contribution in [0.4, 0.5) is 0 Å². The van der Waals surface area contributed by atoms with Crippen LogP contribution < -0.4 is 5.32 Å². The van der Waals surface area contributed by atoms with E-state index >= 15 is 0 Å². The summed E-state index contributed by atoms with van der Waals surface area (Å²) < 4.78 is 1.85. The topological polar surface area (TPSA) is 75.9 Å². The molecular formula is C20H28N6O. The Morgan fingerprint density at radius 2 is 2.30 bits per heavy atom. The third kappa shape index (κ3) is 4.03. The summed E-state index contributed by atoms with van der Waals surface area (Å²) in [4.78, 5) is 24.2. The van der Waals surface area contributed by atoms with Gasteiger partial charge in [-0.05, 0) is 32.4 Å². The van der Waals surface area contributed by atoms with Crippen molar-refractivity contribution >= 4 is 5.91 Å². The van der Waals surface area contributed by atoms with Crippen LogP contribution >= 0.6 is 0 Å². The molecule has 1 N–H and O–H groups in total. The molecule has 0 bridgehead atoms. The van der Waals surface area contributed by atoms with Crippen LogP contribution in [0.15, 0.2) is 18.5 Å². The van der Waals surface area contributed by atoms with Crippen LogP contribution in [0, 0.1) is 12.8 Å². The number of aryl methyl sites for hydroxylation is 1. The maximum atomic E-state index is 12.9. The normalized spacial score (nSPS) is 21.0. The predicted octanol–water partition coefficient (Wildman–Crippen LogP) is 2.02. The first kappa shape index (κ1) is 18.1. The monoisotopic (exact) mass is 368 g/mol. The maximum absolute atomic E-state index is 12.9. The van der Waals surface area contributed by atoms with Gasteiger partial charge in [0.15, 0.2) is 0 Å². The number of fused-ring (bicyclic) bond motifs is 1. The third-order valence-electron chi connectivity index (χ3n) is 5.54. The molecule has 2 aliphatic heterocycles. The number of hydrogen-bond donors (Lipinski definition) is 1. The summed E-state index contributed by atoms with van der Waals surface area (Å²) in [7, 11) is 0. The minimum absolute atomic E-state index is 0.0996. The molecule has 1 fully saturated rings. The minimum atomic E-state index is -0.0996. The van der Waals surface area contributed by atoms with E-state index in [1.807, 2.05) is 41.9 Å². The molecule has 0 spiro atoms. The molecule has 7 heteroatoms. The van der Waals surface area contributed by atoms with Crippen LogP contribution in [-0.4, -0.2) is 43.6 Å². The number of rotatable bonds is 4. The molecule has 4 rings (SSSR count). The lowest BCUT2D eigenvalue weighted by atomic mass is 10.0. The van der Waals surface area contributed by atoms with Gasteiger partial charge < -0.3 is 10.2 Å². The Hall–Kier alpha value is -2.28. The summed E-state index contributed by atoms with van der Waals surface area (Å²) in [5, 5.41) is 7.90. The maximum Gasteiger partial charge on any atom is 0.227 e. The molecule has 2 atom stereocenters. The molecule has 0 aromatic carbocycles. The summed E-state index contributed by atoms with van der Waals surface area (Å²) in [5.74, 6) is 0.986. The first-order valence-electron chi connectivity index (χ1n) is 9.97. The summed E-state index contributed by atoms with van der Waals surface area (Å²) in [6.45, 7) is 6.92. The van der Waals surface area contributed by atoms with Gasteiger partial charge in [0.1, 0.15) is 5.82 Å². The van der Waals surface area contributed by atoms with Crippen LogP contribution in [0.5, 0.6) is 0 Å². The Balaban J connectivity index is 1.40. The smallest absolute Gasteiger partial charge is 0.227 e. The quantitative estimate of drug-likeness (QED) is 0.893. The highest BCUT2D eigenvalue weighted by molar-refractivity contribution is 5.78. The number of nitrogens with zero attached hydrogens (tertiary/aromatic N) is 5. The number of carbonyl (C=O) groups excluding carboxylic acids is 1. The fourth-order valence-electron chi connectivity index (χ4n) is 4.00. The Bertz CT molecular complexity index is 811. The fraction of sp³-hybridized carbons (Fsp3) is 0.600. The molecule has 2 aliphatic rings. The van der Waals surface area contributed by atoms with Gasteiger partial charge in [-0.3, -0.25) is 9.48 Å². The van der Waals surface area contributed by atoms with Gasteiger partial charge in [-0.25, -0.2) is 9.97 Å². The first-order chi connectivity index (χ1) is 13.1. The molecule has 7 nitrogen and oxygen atoms in total. The molecule has 0 radical (unpaired) electrons. The number of carbonyl (C=O) groups is 1. The summed E-state index contributed by atoms with van der Waals surface area (Å²) >= 11 is 0. The van der Waals surface area contributed by atoms with E-state index in [1.165, 1.54) is 12.8 Å². The van der Waals surface area contributed by atoms with Gasteiger partial charge in [-0.1, -0.05) is 13.3 Å². The van der Waals surface area contributed by atoms with Crippen molar-refractivity contribution in [2.24, 2.45) is 5.92 Å². The lowest BCUT2D eigenvalue weighted by molar-refractivity contribution is -0.136. The van der Waals surface area contributed by atoms with Gasteiger partial charge in [0, 0.05) is 37.5 Å². The van der Waals surface area contributed by atoms with Gasteiger partial charge >= 0.3 is 0 Å². The fourth-order valence-corrected chi connectivity index (χ4v) is 4.00. The van der Waals surface area contributed by atoms with E-state index in [9.17, 15) is 4.79 Å². The molecular weight excluding hydrogens is 340 g/mol. The zero-order valence-corrected chi connectivity index (χ0v) is 16.2. The van der Waals surface area contributed by atoms with E-state index in [-0.39, 0.29) is 17.9 Å². The zero-order chi connectivity index (χ0) is 18.8. The SMILES string of the molecule is Cc1ccn(CC(C)C(=O)N2CCc3nc(C4CCCCN4)ncc3C2)n1. The molecule has 2 aromatic rings. The van der Waals surface area contributed by atoms with E-state index in [4.69, 9.17) is 4.98 Å². The van der Waals surface area contributed by atoms with E-state index < -0.39 is 0 Å². The second-order valence-electron chi connectivity index (χ2n) is 7.79. The van der Waals surface area contributed by atoms with Crippen molar-refractivity contribution in [1.29, 1.82) is 0 Å². The number of hydrogen-bond acceptors (Lipinski definition) is 5. The van der Waals surface area contributed by atoms with E-state index in [0.717, 1.165) is 48.7 Å². The van der Waals surface area contributed by atoms with Crippen molar-refractivity contribution in [2.45, 2.75) is 58.7 Å².